The molecular formula is C13H10Cl2N2O. The third kappa shape index (κ3) is 2.75. The van der Waals surface area contributed by atoms with E-state index in [1.807, 2.05) is 0 Å². The van der Waals surface area contributed by atoms with Gasteiger partial charge in [0.05, 0.1) is 16.4 Å². The Hall–Kier alpha value is -1.71. The first-order chi connectivity index (χ1) is 8.58. The van der Waals surface area contributed by atoms with Crippen molar-refractivity contribution in [2.45, 2.75) is 0 Å². The van der Waals surface area contributed by atoms with Crippen molar-refractivity contribution >= 4 is 40.8 Å². The molecular weight excluding hydrogens is 271 g/mol. The number of benzene rings is 2. The van der Waals surface area contributed by atoms with Crippen LogP contribution in [0, 0.1) is 0 Å². The molecule has 2 rings (SSSR count). The van der Waals surface area contributed by atoms with Crippen LogP contribution in [-0.4, -0.2) is 11.3 Å². The average molecular weight is 281 g/mol. The van der Waals surface area contributed by atoms with Gasteiger partial charge in [0.25, 0.3) is 0 Å². The fourth-order valence-corrected chi connectivity index (χ4v) is 1.76. The SMILES string of the molecule is Nc1cccc(N=Cc2cc(Cl)ccc2O)c1Cl. The summed E-state index contributed by atoms with van der Waals surface area (Å²) in [6.07, 6.45) is 1.49. The van der Waals surface area contributed by atoms with E-state index in [0.717, 1.165) is 0 Å². The van der Waals surface area contributed by atoms with Crippen LogP contribution in [-0.2, 0) is 0 Å². The first-order valence-corrected chi connectivity index (χ1v) is 5.90. The van der Waals surface area contributed by atoms with Crippen LogP contribution >= 0.6 is 23.2 Å². The molecule has 0 amide bonds. The number of nitrogens with zero attached hydrogens (tertiary/aromatic N) is 1. The van der Waals surface area contributed by atoms with Crippen LogP contribution in [0.2, 0.25) is 10.0 Å². The van der Waals surface area contributed by atoms with Crippen LogP contribution in [0.3, 0.4) is 0 Å². The summed E-state index contributed by atoms with van der Waals surface area (Å²) in [4.78, 5) is 4.18. The van der Waals surface area contributed by atoms with Crippen molar-refractivity contribution in [1.29, 1.82) is 0 Å². The van der Waals surface area contributed by atoms with Gasteiger partial charge < -0.3 is 10.8 Å². The molecule has 0 saturated heterocycles. The number of hydrogen-bond acceptors (Lipinski definition) is 3. The number of nitrogens with two attached hydrogens (primary N) is 1. The molecule has 2 aromatic carbocycles. The predicted molar refractivity (Wildman–Crippen MR) is 76.2 cm³/mol. The van der Waals surface area contributed by atoms with Gasteiger partial charge in [0.15, 0.2) is 0 Å². The summed E-state index contributed by atoms with van der Waals surface area (Å²) in [7, 11) is 0. The zero-order valence-corrected chi connectivity index (χ0v) is 10.8. The summed E-state index contributed by atoms with van der Waals surface area (Å²) in [5.41, 5.74) is 7.18. The van der Waals surface area contributed by atoms with Gasteiger partial charge in [0.2, 0.25) is 0 Å². The number of aromatic hydroxyl groups is 1. The highest BCUT2D eigenvalue weighted by molar-refractivity contribution is 6.35. The molecule has 0 aliphatic carbocycles. The lowest BCUT2D eigenvalue weighted by molar-refractivity contribution is 0.474. The Morgan fingerprint density at radius 3 is 2.72 bits per heavy atom. The molecule has 0 radical (unpaired) electrons. The van der Waals surface area contributed by atoms with Gasteiger partial charge in [-0.25, -0.2) is 0 Å². The molecule has 18 heavy (non-hydrogen) atoms. The van der Waals surface area contributed by atoms with Gasteiger partial charge in [0.1, 0.15) is 5.75 Å². The molecule has 0 unspecified atom stereocenters. The Labute approximate surface area is 114 Å². The van der Waals surface area contributed by atoms with E-state index in [2.05, 4.69) is 4.99 Å². The Balaban J connectivity index is 2.36. The number of hydrogen-bond donors (Lipinski definition) is 2. The molecule has 2 aromatic rings. The fourth-order valence-electron chi connectivity index (χ4n) is 1.40. The Bertz CT molecular complexity index is 608. The van der Waals surface area contributed by atoms with Crippen LogP contribution in [0.5, 0.6) is 5.75 Å². The minimum atomic E-state index is 0.100. The molecule has 0 aliphatic rings. The van der Waals surface area contributed by atoms with Gasteiger partial charge in [-0.3, -0.25) is 4.99 Å². The molecule has 0 heterocycles. The average Bonchev–Trinajstić information content (AvgIpc) is 2.35. The third-order valence-corrected chi connectivity index (χ3v) is 2.99. The lowest BCUT2D eigenvalue weighted by Gasteiger charge is -2.02. The highest BCUT2D eigenvalue weighted by atomic mass is 35.5. The number of phenols is 1. The van der Waals surface area contributed by atoms with Crippen LogP contribution in [0.4, 0.5) is 11.4 Å². The summed E-state index contributed by atoms with van der Waals surface area (Å²) < 4.78 is 0. The second-order valence-corrected chi connectivity index (χ2v) is 4.46. The fraction of sp³-hybridized carbons (Fsp3) is 0. The zero-order valence-electron chi connectivity index (χ0n) is 9.27. The molecule has 0 atom stereocenters. The molecule has 0 aliphatic heterocycles. The van der Waals surface area contributed by atoms with E-state index < -0.39 is 0 Å². The van der Waals surface area contributed by atoms with E-state index in [1.165, 1.54) is 12.3 Å². The minimum Gasteiger partial charge on any atom is -0.507 e. The van der Waals surface area contributed by atoms with Crippen LogP contribution < -0.4 is 5.73 Å². The number of anilines is 1. The maximum absolute atomic E-state index is 9.63. The molecule has 92 valence electrons. The van der Waals surface area contributed by atoms with Gasteiger partial charge in [-0.2, -0.15) is 0 Å². The second kappa shape index (κ2) is 5.29. The highest BCUT2D eigenvalue weighted by Gasteiger charge is 2.02. The van der Waals surface area contributed by atoms with Gasteiger partial charge in [-0.1, -0.05) is 29.3 Å². The third-order valence-electron chi connectivity index (χ3n) is 2.34. The van der Waals surface area contributed by atoms with Crippen molar-refractivity contribution in [1.82, 2.24) is 0 Å². The Kier molecular flexibility index (Phi) is 3.75. The van der Waals surface area contributed by atoms with Crippen molar-refractivity contribution in [2.75, 3.05) is 5.73 Å². The lowest BCUT2D eigenvalue weighted by atomic mass is 10.2. The summed E-state index contributed by atoms with van der Waals surface area (Å²) in [6, 6.07) is 9.90. The van der Waals surface area contributed by atoms with Crippen molar-refractivity contribution in [3.05, 3.63) is 52.0 Å². The normalized spacial score (nSPS) is 11.0. The van der Waals surface area contributed by atoms with Crippen molar-refractivity contribution in [3.63, 3.8) is 0 Å². The number of rotatable bonds is 2. The topological polar surface area (TPSA) is 58.6 Å². The van der Waals surface area contributed by atoms with Gasteiger partial charge in [-0.15, -0.1) is 0 Å². The maximum Gasteiger partial charge on any atom is 0.124 e. The predicted octanol–water partition coefficient (Wildman–Crippen LogP) is 4.03. The van der Waals surface area contributed by atoms with E-state index >= 15 is 0 Å². The second-order valence-electron chi connectivity index (χ2n) is 3.64. The van der Waals surface area contributed by atoms with Crippen molar-refractivity contribution < 1.29 is 5.11 Å². The zero-order chi connectivity index (χ0) is 13.1. The monoisotopic (exact) mass is 280 g/mol. The maximum atomic E-state index is 9.63. The Morgan fingerprint density at radius 1 is 1.17 bits per heavy atom. The molecule has 0 saturated carbocycles. The van der Waals surface area contributed by atoms with Crippen LogP contribution in [0.1, 0.15) is 5.56 Å². The van der Waals surface area contributed by atoms with Crippen LogP contribution in [0.25, 0.3) is 0 Å². The van der Waals surface area contributed by atoms with Crippen molar-refractivity contribution in [3.8, 4) is 5.75 Å². The van der Waals surface area contributed by atoms with E-state index in [0.29, 0.717) is 27.0 Å². The van der Waals surface area contributed by atoms with E-state index in [4.69, 9.17) is 28.9 Å². The molecule has 0 fully saturated rings. The quantitative estimate of drug-likeness (QED) is 0.645. The van der Waals surface area contributed by atoms with E-state index in [1.54, 1.807) is 30.3 Å². The lowest BCUT2D eigenvalue weighted by Crippen LogP contribution is -1.86. The van der Waals surface area contributed by atoms with Gasteiger partial charge >= 0.3 is 0 Å². The largest absolute Gasteiger partial charge is 0.507 e. The van der Waals surface area contributed by atoms with Crippen LogP contribution in [0.15, 0.2) is 41.4 Å². The summed E-state index contributed by atoms with van der Waals surface area (Å²) in [5.74, 6) is 0.100. The molecule has 0 aromatic heterocycles. The number of aliphatic imine (C=N–C) groups is 1. The molecule has 0 spiro atoms. The number of phenolic OH excluding ortho intramolecular Hbond substituents is 1. The smallest absolute Gasteiger partial charge is 0.124 e. The molecule has 3 N–H and O–H groups in total. The first kappa shape index (κ1) is 12.7. The summed E-state index contributed by atoms with van der Waals surface area (Å²) >= 11 is 11.8. The van der Waals surface area contributed by atoms with E-state index in [9.17, 15) is 5.11 Å². The van der Waals surface area contributed by atoms with Gasteiger partial charge in [0, 0.05) is 16.8 Å². The summed E-state index contributed by atoms with van der Waals surface area (Å²) in [6.45, 7) is 0. The summed E-state index contributed by atoms with van der Waals surface area (Å²) in [5, 5.41) is 10.5. The molecule has 3 nitrogen and oxygen atoms in total. The Morgan fingerprint density at radius 2 is 1.94 bits per heavy atom. The minimum absolute atomic E-state index is 0.100. The number of nitrogen functional groups attached to an aromatic ring is 1. The molecule has 5 heteroatoms. The standard InChI is InChI=1S/C13H10Cl2N2O/c14-9-4-5-12(18)8(6-9)7-17-11-3-1-2-10(16)13(11)15/h1-7,18H,16H2. The molecule has 0 bridgehead atoms. The highest BCUT2D eigenvalue weighted by Crippen LogP contribution is 2.30. The number of halogens is 2. The van der Waals surface area contributed by atoms with Crippen molar-refractivity contribution in [2.24, 2.45) is 4.99 Å². The van der Waals surface area contributed by atoms with Gasteiger partial charge in [-0.05, 0) is 30.3 Å². The van der Waals surface area contributed by atoms with E-state index in [-0.39, 0.29) is 5.75 Å². The first-order valence-electron chi connectivity index (χ1n) is 5.14.